The first-order chi connectivity index (χ1) is 14.4. The Morgan fingerprint density at radius 3 is 1.43 bits per heavy atom. The largest absolute Gasteiger partial charge is 0.277 e. The van der Waals surface area contributed by atoms with Crippen molar-refractivity contribution in [1.29, 1.82) is 0 Å². The van der Waals surface area contributed by atoms with Gasteiger partial charge in [0.1, 0.15) is 6.33 Å². The number of hydrogen-bond donors (Lipinski definition) is 0. The SMILES string of the molecule is O=C1c2cccc(-c3ncnc(-c4cccc5c4C(=O)N(Cl)C5=O)n3)c2C(=O)N1Cl. The second-order valence-electron chi connectivity index (χ2n) is 6.37. The summed E-state index contributed by atoms with van der Waals surface area (Å²) in [5.41, 5.74) is 0.984. The number of rotatable bonds is 2. The van der Waals surface area contributed by atoms with Crippen LogP contribution in [0.1, 0.15) is 41.4 Å². The van der Waals surface area contributed by atoms with Crippen LogP contribution >= 0.6 is 23.6 Å². The van der Waals surface area contributed by atoms with Crippen LogP contribution in [0.2, 0.25) is 0 Å². The first kappa shape index (κ1) is 18.3. The molecule has 0 saturated heterocycles. The van der Waals surface area contributed by atoms with Crippen LogP contribution in [0.5, 0.6) is 0 Å². The summed E-state index contributed by atoms with van der Waals surface area (Å²) in [4.78, 5) is 61.7. The molecule has 146 valence electrons. The second kappa shape index (κ2) is 6.41. The fourth-order valence-corrected chi connectivity index (χ4v) is 3.79. The first-order valence-electron chi connectivity index (χ1n) is 8.45. The molecule has 11 heteroatoms. The summed E-state index contributed by atoms with van der Waals surface area (Å²) in [5.74, 6) is -2.45. The van der Waals surface area contributed by atoms with E-state index >= 15 is 0 Å². The monoisotopic (exact) mass is 439 g/mol. The van der Waals surface area contributed by atoms with Crippen molar-refractivity contribution in [3.63, 3.8) is 0 Å². The van der Waals surface area contributed by atoms with E-state index < -0.39 is 23.6 Å². The van der Waals surface area contributed by atoms with E-state index in [0.717, 1.165) is 0 Å². The Labute approximate surface area is 178 Å². The van der Waals surface area contributed by atoms with E-state index in [0.29, 0.717) is 8.84 Å². The fraction of sp³-hybridized carbons (Fsp3) is 0. The van der Waals surface area contributed by atoms with Crippen LogP contribution in [0.3, 0.4) is 0 Å². The Bertz CT molecular complexity index is 1230. The third-order valence-corrected chi connectivity index (χ3v) is 5.40. The van der Waals surface area contributed by atoms with Crippen LogP contribution in [-0.4, -0.2) is 47.4 Å². The van der Waals surface area contributed by atoms with E-state index in [2.05, 4.69) is 15.0 Å². The molecule has 0 aliphatic carbocycles. The third kappa shape index (κ3) is 2.39. The highest BCUT2D eigenvalue weighted by Crippen LogP contribution is 2.34. The minimum Gasteiger partial charge on any atom is -0.267 e. The summed E-state index contributed by atoms with van der Waals surface area (Å²) in [6, 6.07) is 9.26. The molecular weight excluding hydrogens is 433 g/mol. The Morgan fingerprint density at radius 2 is 1.00 bits per heavy atom. The predicted molar refractivity (Wildman–Crippen MR) is 103 cm³/mol. The van der Waals surface area contributed by atoms with Gasteiger partial charge in [0.25, 0.3) is 23.6 Å². The van der Waals surface area contributed by atoms with Gasteiger partial charge in [0.05, 0.1) is 22.3 Å². The van der Waals surface area contributed by atoms with Crippen molar-refractivity contribution < 1.29 is 19.2 Å². The Kier molecular flexibility index (Phi) is 3.92. The molecule has 9 nitrogen and oxygen atoms in total. The molecule has 2 aliphatic heterocycles. The maximum absolute atomic E-state index is 12.4. The summed E-state index contributed by atoms with van der Waals surface area (Å²) in [6.07, 6.45) is 1.20. The van der Waals surface area contributed by atoms with Crippen LogP contribution in [0.25, 0.3) is 22.8 Å². The predicted octanol–water partition coefficient (Wildman–Crippen LogP) is 2.71. The van der Waals surface area contributed by atoms with Crippen molar-refractivity contribution in [2.75, 3.05) is 0 Å². The number of aromatic nitrogens is 3. The quantitative estimate of drug-likeness (QED) is 0.445. The minimum absolute atomic E-state index is 0.0751. The summed E-state index contributed by atoms with van der Waals surface area (Å²) < 4.78 is 0.999. The van der Waals surface area contributed by atoms with Gasteiger partial charge in [0, 0.05) is 34.7 Å². The highest BCUT2D eigenvalue weighted by atomic mass is 35.5. The number of halogens is 2. The summed E-state index contributed by atoms with van der Waals surface area (Å²) >= 11 is 11.5. The molecule has 0 unspecified atom stereocenters. The number of hydrogen-bond acceptors (Lipinski definition) is 7. The van der Waals surface area contributed by atoms with E-state index in [1.807, 2.05) is 0 Å². The van der Waals surface area contributed by atoms with Crippen molar-refractivity contribution in [2.45, 2.75) is 0 Å². The zero-order valence-electron chi connectivity index (χ0n) is 14.7. The highest BCUT2D eigenvalue weighted by molar-refractivity contribution is 6.41. The molecule has 0 N–H and O–H groups in total. The van der Waals surface area contributed by atoms with Crippen LogP contribution in [0, 0.1) is 0 Å². The van der Waals surface area contributed by atoms with Gasteiger partial charge in [0.15, 0.2) is 11.6 Å². The second-order valence-corrected chi connectivity index (χ2v) is 7.05. The molecule has 3 heterocycles. The van der Waals surface area contributed by atoms with Crippen LogP contribution in [-0.2, 0) is 0 Å². The Balaban J connectivity index is 1.68. The standard InChI is InChI=1S/C19H7Cl2N5O4/c20-25-16(27)10-5-1-3-8(12(10)18(25)29)14-22-7-23-15(24-14)9-4-2-6-11-13(9)19(30)26(21)17(11)28/h1-7H. The lowest BCUT2D eigenvalue weighted by molar-refractivity contribution is 0.0751. The van der Waals surface area contributed by atoms with Crippen molar-refractivity contribution >= 4 is 47.2 Å². The van der Waals surface area contributed by atoms with E-state index in [4.69, 9.17) is 23.6 Å². The molecule has 0 atom stereocenters. The smallest absolute Gasteiger partial charge is 0.267 e. The number of fused-ring (bicyclic) bond motifs is 2. The molecular formula is C19H7Cl2N5O4. The third-order valence-electron chi connectivity index (χ3n) is 4.78. The van der Waals surface area contributed by atoms with Gasteiger partial charge in [0.2, 0.25) is 0 Å². The molecule has 30 heavy (non-hydrogen) atoms. The van der Waals surface area contributed by atoms with Gasteiger partial charge in [-0.15, -0.1) is 0 Å². The number of nitrogens with zero attached hydrogens (tertiary/aromatic N) is 5. The molecule has 0 fully saturated rings. The van der Waals surface area contributed by atoms with Crippen molar-refractivity contribution in [2.24, 2.45) is 0 Å². The zero-order chi connectivity index (χ0) is 21.2. The fourth-order valence-electron chi connectivity index (χ4n) is 3.44. The average molecular weight is 440 g/mol. The van der Waals surface area contributed by atoms with Gasteiger partial charge in [-0.3, -0.25) is 19.2 Å². The van der Waals surface area contributed by atoms with Gasteiger partial charge >= 0.3 is 0 Å². The van der Waals surface area contributed by atoms with Gasteiger partial charge in [-0.1, -0.05) is 24.3 Å². The minimum atomic E-state index is -0.687. The van der Waals surface area contributed by atoms with Crippen molar-refractivity contribution in [1.82, 2.24) is 23.8 Å². The molecule has 0 radical (unpaired) electrons. The van der Waals surface area contributed by atoms with E-state index in [-0.39, 0.29) is 45.0 Å². The summed E-state index contributed by atoms with van der Waals surface area (Å²) in [7, 11) is 0. The van der Waals surface area contributed by atoms with Crippen molar-refractivity contribution in [3.8, 4) is 22.8 Å². The maximum Gasteiger partial charge on any atom is 0.277 e. The molecule has 0 bridgehead atoms. The lowest BCUT2D eigenvalue weighted by Crippen LogP contribution is -2.18. The van der Waals surface area contributed by atoms with Gasteiger partial charge in [-0.05, 0) is 12.1 Å². The van der Waals surface area contributed by atoms with Crippen LogP contribution in [0.4, 0.5) is 0 Å². The molecule has 0 saturated carbocycles. The molecule has 3 aromatic rings. The highest BCUT2D eigenvalue weighted by Gasteiger charge is 2.39. The van der Waals surface area contributed by atoms with Gasteiger partial charge in [-0.2, -0.15) is 8.84 Å². The van der Waals surface area contributed by atoms with Crippen LogP contribution in [0.15, 0.2) is 42.7 Å². The Morgan fingerprint density at radius 1 is 0.600 bits per heavy atom. The first-order valence-corrected chi connectivity index (χ1v) is 9.12. The van der Waals surface area contributed by atoms with Gasteiger partial charge < -0.3 is 0 Å². The normalized spacial score (nSPS) is 15.1. The zero-order valence-corrected chi connectivity index (χ0v) is 16.2. The molecule has 4 amide bonds. The van der Waals surface area contributed by atoms with E-state index in [9.17, 15) is 19.2 Å². The lowest BCUT2D eigenvalue weighted by Gasteiger charge is -2.08. The molecule has 2 aromatic carbocycles. The number of amides is 4. The maximum atomic E-state index is 12.4. The Hall–Kier alpha value is -3.69. The average Bonchev–Trinajstić information content (AvgIpc) is 3.14. The summed E-state index contributed by atoms with van der Waals surface area (Å²) in [6.45, 7) is 0. The summed E-state index contributed by atoms with van der Waals surface area (Å²) in [5, 5.41) is 0. The topological polar surface area (TPSA) is 113 Å². The molecule has 2 aliphatic rings. The number of benzene rings is 2. The number of imide groups is 2. The molecule has 5 rings (SSSR count). The van der Waals surface area contributed by atoms with Crippen molar-refractivity contribution in [3.05, 3.63) is 65.0 Å². The molecule has 1 aromatic heterocycles. The van der Waals surface area contributed by atoms with Crippen LogP contribution < -0.4 is 0 Å². The lowest BCUT2D eigenvalue weighted by atomic mass is 10.0. The van der Waals surface area contributed by atoms with E-state index in [1.54, 1.807) is 24.3 Å². The number of carbonyl (C=O) groups is 4. The molecule has 0 spiro atoms. The van der Waals surface area contributed by atoms with E-state index in [1.165, 1.54) is 18.5 Å². The van der Waals surface area contributed by atoms with Gasteiger partial charge in [-0.25, -0.2) is 15.0 Å². The number of carbonyl (C=O) groups excluding carboxylic acids is 4.